The van der Waals surface area contributed by atoms with E-state index in [1.54, 1.807) is 6.20 Å². The molecule has 1 N–H and O–H groups in total. The molecule has 0 aliphatic carbocycles. The summed E-state index contributed by atoms with van der Waals surface area (Å²) in [6, 6.07) is 7.37. The number of hydrogen-bond donors (Lipinski definition) is 1. The van der Waals surface area contributed by atoms with Crippen LogP contribution in [-0.2, 0) is 7.05 Å². The number of ether oxygens (including phenoxy) is 1. The predicted molar refractivity (Wildman–Crippen MR) is 92.1 cm³/mol. The van der Waals surface area contributed by atoms with Crippen LogP contribution in [0.25, 0.3) is 0 Å². The number of carbonyl (C=O) groups is 1. The Bertz CT molecular complexity index is 698. The van der Waals surface area contributed by atoms with E-state index < -0.39 is 0 Å². The van der Waals surface area contributed by atoms with Crippen LogP contribution in [0.15, 0.2) is 36.7 Å². The SMILES string of the molecule is CCCOc1cccc(C(=O)N2CCNCC2c2nccn2C)c1. The van der Waals surface area contributed by atoms with E-state index in [2.05, 4.69) is 17.2 Å². The number of carbonyl (C=O) groups excluding carboxylic acids is 1. The third-order valence-electron chi connectivity index (χ3n) is 4.21. The molecule has 1 fully saturated rings. The van der Waals surface area contributed by atoms with Crippen molar-refractivity contribution in [3.05, 3.63) is 48.0 Å². The largest absolute Gasteiger partial charge is 0.494 e. The predicted octanol–water partition coefficient (Wildman–Crippen LogP) is 2.00. The molecule has 6 heteroatoms. The van der Waals surface area contributed by atoms with Gasteiger partial charge < -0.3 is 19.5 Å². The maximum absolute atomic E-state index is 13.0. The maximum atomic E-state index is 13.0. The number of imidazole rings is 1. The topological polar surface area (TPSA) is 59.4 Å². The first-order valence-electron chi connectivity index (χ1n) is 8.42. The molecule has 128 valence electrons. The van der Waals surface area contributed by atoms with Gasteiger partial charge in [-0.15, -0.1) is 0 Å². The molecule has 0 saturated carbocycles. The minimum absolute atomic E-state index is 0.0199. The highest BCUT2D eigenvalue weighted by Gasteiger charge is 2.31. The minimum Gasteiger partial charge on any atom is -0.494 e. The molecule has 0 spiro atoms. The summed E-state index contributed by atoms with van der Waals surface area (Å²) in [5.74, 6) is 1.66. The Balaban J connectivity index is 1.83. The number of rotatable bonds is 5. The smallest absolute Gasteiger partial charge is 0.254 e. The van der Waals surface area contributed by atoms with Crippen LogP contribution in [0.5, 0.6) is 5.75 Å². The molecule has 1 atom stereocenters. The fourth-order valence-corrected chi connectivity index (χ4v) is 2.98. The lowest BCUT2D eigenvalue weighted by atomic mass is 10.1. The van der Waals surface area contributed by atoms with Crippen LogP contribution in [0.4, 0.5) is 0 Å². The van der Waals surface area contributed by atoms with E-state index in [1.165, 1.54) is 0 Å². The van der Waals surface area contributed by atoms with E-state index in [0.29, 0.717) is 25.3 Å². The van der Waals surface area contributed by atoms with Gasteiger partial charge in [-0.05, 0) is 24.6 Å². The van der Waals surface area contributed by atoms with Gasteiger partial charge in [-0.3, -0.25) is 4.79 Å². The maximum Gasteiger partial charge on any atom is 0.254 e. The third kappa shape index (κ3) is 3.43. The van der Waals surface area contributed by atoms with Gasteiger partial charge in [-0.2, -0.15) is 0 Å². The lowest BCUT2D eigenvalue weighted by Gasteiger charge is -2.35. The van der Waals surface area contributed by atoms with Crippen LogP contribution in [0.1, 0.15) is 35.6 Å². The molecule has 6 nitrogen and oxygen atoms in total. The van der Waals surface area contributed by atoms with Crippen LogP contribution in [0.3, 0.4) is 0 Å². The molecule has 24 heavy (non-hydrogen) atoms. The quantitative estimate of drug-likeness (QED) is 0.912. The third-order valence-corrected chi connectivity index (χ3v) is 4.21. The van der Waals surface area contributed by atoms with Gasteiger partial charge in [0.1, 0.15) is 17.6 Å². The van der Waals surface area contributed by atoms with Crippen molar-refractivity contribution >= 4 is 5.91 Å². The van der Waals surface area contributed by atoms with Crippen molar-refractivity contribution in [2.24, 2.45) is 7.05 Å². The van der Waals surface area contributed by atoms with Gasteiger partial charge in [-0.1, -0.05) is 13.0 Å². The van der Waals surface area contributed by atoms with Crippen molar-refractivity contribution in [1.82, 2.24) is 19.8 Å². The van der Waals surface area contributed by atoms with E-state index in [4.69, 9.17) is 4.74 Å². The highest BCUT2D eigenvalue weighted by molar-refractivity contribution is 5.95. The fourth-order valence-electron chi connectivity index (χ4n) is 2.98. The van der Waals surface area contributed by atoms with Crippen molar-refractivity contribution in [3.8, 4) is 5.75 Å². The minimum atomic E-state index is -0.0635. The van der Waals surface area contributed by atoms with E-state index >= 15 is 0 Å². The molecule has 2 aromatic rings. The van der Waals surface area contributed by atoms with E-state index in [1.807, 2.05) is 47.0 Å². The normalized spacial score (nSPS) is 17.8. The van der Waals surface area contributed by atoms with Gasteiger partial charge in [0.25, 0.3) is 5.91 Å². The Labute approximate surface area is 142 Å². The van der Waals surface area contributed by atoms with Gasteiger partial charge in [0.05, 0.1) is 6.61 Å². The lowest BCUT2D eigenvalue weighted by molar-refractivity contribution is 0.0620. The number of nitrogens with zero attached hydrogens (tertiary/aromatic N) is 3. The van der Waals surface area contributed by atoms with Crippen LogP contribution in [-0.4, -0.2) is 46.6 Å². The van der Waals surface area contributed by atoms with Gasteiger partial charge in [0.15, 0.2) is 0 Å². The van der Waals surface area contributed by atoms with Crippen molar-refractivity contribution in [3.63, 3.8) is 0 Å². The molecule has 1 aromatic carbocycles. The second kappa shape index (κ2) is 7.49. The molecular weight excluding hydrogens is 304 g/mol. The van der Waals surface area contributed by atoms with Crippen LogP contribution >= 0.6 is 0 Å². The summed E-state index contributed by atoms with van der Waals surface area (Å²) in [6.45, 7) is 4.88. The van der Waals surface area contributed by atoms with Gasteiger partial charge >= 0.3 is 0 Å². The number of benzene rings is 1. The molecule has 0 bridgehead atoms. The monoisotopic (exact) mass is 328 g/mol. The van der Waals surface area contributed by atoms with Crippen LogP contribution in [0.2, 0.25) is 0 Å². The fraction of sp³-hybridized carbons (Fsp3) is 0.444. The average molecular weight is 328 g/mol. The summed E-state index contributed by atoms with van der Waals surface area (Å²) < 4.78 is 7.62. The Morgan fingerprint density at radius 1 is 1.46 bits per heavy atom. The number of aromatic nitrogens is 2. The van der Waals surface area contributed by atoms with Crippen molar-refractivity contribution < 1.29 is 9.53 Å². The molecule has 2 heterocycles. The summed E-state index contributed by atoms with van der Waals surface area (Å²) in [5.41, 5.74) is 0.657. The molecule has 1 aliphatic heterocycles. The van der Waals surface area contributed by atoms with E-state index in [-0.39, 0.29) is 11.9 Å². The van der Waals surface area contributed by atoms with Crippen molar-refractivity contribution in [1.29, 1.82) is 0 Å². The lowest BCUT2D eigenvalue weighted by Crippen LogP contribution is -2.49. The first kappa shape index (κ1) is 16.5. The van der Waals surface area contributed by atoms with Gasteiger partial charge in [0.2, 0.25) is 0 Å². The first-order valence-corrected chi connectivity index (χ1v) is 8.42. The van der Waals surface area contributed by atoms with Crippen molar-refractivity contribution in [2.75, 3.05) is 26.2 Å². The number of nitrogens with one attached hydrogen (secondary N) is 1. The number of hydrogen-bond acceptors (Lipinski definition) is 4. The average Bonchev–Trinajstić information content (AvgIpc) is 3.05. The molecule has 0 radical (unpaired) electrons. The number of aryl methyl sites for hydroxylation is 1. The zero-order chi connectivity index (χ0) is 16.9. The summed E-state index contributed by atoms with van der Waals surface area (Å²) in [6.07, 6.45) is 4.62. The summed E-state index contributed by atoms with van der Waals surface area (Å²) in [5, 5.41) is 3.35. The molecule has 1 aliphatic rings. The van der Waals surface area contributed by atoms with Gasteiger partial charge in [0, 0.05) is 44.6 Å². The summed E-state index contributed by atoms with van der Waals surface area (Å²) in [7, 11) is 1.96. The van der Waals surface area contributed by atoms with E-state index in [0.717, 1.165) is 24.5 Å². The zero-order valence-corrected chi connectivity index (χ0v) is 14.2. The van der Waals surface area contributed by atoms with Crippen molar-refractivity contribution in [2.45, 2.75) is 19.4 Å². The van der Waals surface area contributed by atoms with Gasteiger partial charge in [-0.25, -0.2) is 4.98 Å². The van der Waals surface area contributed by atoms with Crippen LogP contribution in [0, 0.1) is 0 Å². The Morgan fingerprint density at radius 2 is 2.33 bits per heavy atom. The molecule has 1 aromatic heterocycles. The molecule has 1 saturated heterocycles. The highest BCUT2D eigenvalue weighted by atomic mass is 16.5. The number of piperazine rings is 1. The summed E-state index contributed by atoms with van der Waals surface area (Å²) in [4.78, 5) is 19.4. The Hall–Kier alpha value is -2.34. The molecular formula is C18H24N4O2. The second-order valence-corrected chi connectivity index (χ2v) is 5.99. The zero-order valence-electron chi connectivity index (χ0n) is 14.2. The summed E-state index contributed by atoms with van der Waals surface area (Å²) >= 11 is 0. The standard InChI is InChI=1S/C18H24N4O2/c1-3-11-24-15-6-4-5-14(12-15)18(23)22-10-7-19-13-16(22)17-20-8-9-21(17)2/h4-6,8-9,12,16,19H,3,7,10-11,13H2,1-2H3. The van der Waals surface area contributed by atoms with E-state index in [9.17, 15) is 4.79 Å². The Kier molecular flexibility index (Phi) is 5.15. The molecule has 1 unspecified atom stereocenters. The molecule has 3 rings (SSSR count). The second-order valence-electron chi connectivity index (χ2n) is 5.99. The first-order chi connectivity index (χ1) is 11.7. The van der Waals surface area contributed by atoms with Crippen LogP contribution < -0.4 is 10.1 Å². The molecule has 1 amide bonds. The Morgan fingerprint density at radius 3 is 3.08 bits per heavy atom. The highest BCUT2D eigenvalue weighted by Crippen LogP contribution is 2.24. The number of amides is 1.